The largest absolute Gasteiger partial charge is 0.288 e. The van der Waals surface area contributed by atoms with Gasteiger partial charge in [-0.15, -0.1) is 11.3 Å². The first-order valence-corrected chi connectivity index (χ1v) is 8.13. The molecule has 2 heterocycles. The summed E-state index contributed by atoms with van der Waals surface area (Å²) in [6, 6.07) is 1.92. The fraction of sp³-hybridized carbons (Fsp3) is 0.333. The van der Waals surface area contributed by atoms with E-state index < -0.39 is 0 Å². The monoisotopic (exact) mass is 352 g/mol. The number of carbonyl (C=O) groups excluding carboxylic acids is 1. The maximum Gasteiger partial charge on any atom is 0.195 e. The number of carbonyl (C=O) groups is 1. The van der Waals surface area contributed by atoms with Crippen LogP contribution in [0.2, 0.25) is 0 Å². The normalized spacial score (nSPS) is 11.4. The number of hydrogen-bond donors (Lipinski definition) is 0. The molecule has 106 valence electrons. The topological polar surface area (TPSA) is 34.9 Å². The summed E-state index contributed by atoms with van der Waals surface area (Å²) in [4.78, 5) is 14.2. The summed E-state index contributed by atoms with van der Waals surface area (Å²) < 4.78 is 2.84. The van der Waals surface area contributed by atoms with E-state index in [0.717, 1.165) is 33.4 Å². The van der Waals surface area contributed by atoms with E-state index in [0.29, 0.717) is 0 Å². The number of nitrogens with zero attached hydrogens (tertiary/aromatic N) is 2. The molecule has 5 heteroatoms. The van der Waals surface area contributed by atoms with Crippen LogP contribution in [0, 0.1) is 6.92 Å². The van der Waals surface area contributed by atoms with E-state index >= 15 is 0 Å². The molecule has 0 aliphatic rings. The van der Waals surface area contributed by atoms with Gasteiger partial charge in [-0.3, -0.25) is 9.48 Å². The molecule has 3 nitrogen and oxygen atoms in total. The Morgan fingerprint density at radius 2 is 2.30 bits per heavy atom. The molecule has 0 amide bonds. The molecule has 0 N–H and O–H groups in total. The summed E-state index contributed by atoms with van der Waals surface area (Å²) in [6.07, 6.45) is 7.31. The Hall–Kier alpha value is -1.20. The fourth-order valence-electron chi connectivity index (χ4n) is 1.85. The van der Waals surface area contributed by atoms with Crippen LogP contribution < -0.4 is 0 Å². The summed E-state index contributed by atoms with van der Waals surface area (Å²) in [5.41, 5.74) is 2.03. The van der Waals surface area contributed by atoms with Gasteiger partial charge in [-0.05, 0) is 47.5 Å². The summed E-state index contributed by atoms with van der Waals surface area (Å²) in [6.45, 7) is 4.12. The van der Waals surface area contributed by atoms with Gasteiger partial charge >= 0.3 is 0 Å². The lowest BCUT2D eigenvalue weighted by atomic mass is 10.2. The second-order valence-electron chi connectivity index (χ2n) is 4.64. The minimum absolute atomic E-state index is 0.0429. The van der Waals surface area contributed by atoms with Gasteiger partial charge in [0.1, 0.15) is 0 Å². The number of aromatic nitrogens is 2. The Morgan fingerprint density at radius 3 is 2.90 bits per heavy atom. The van der Waals surface area contributed by atoms with Crippen LogP contribution in [0.15, 0.2) is 22.8 Å². The number of allylic oxidation sites excluding steroid dienone is 1. The minimum Gasteiger partial charge on any atom is -0.288 e. The van der Waals surface area contributed by atoms with Gasteiger partial charge in [0.05, 0.1) is 11.1 Å². The molecule has 0 bridgehead atoms. The maximum atomic E-state index is 12.2. The first kappa shape index (κ1) is 15.2. The third-order valence-electron chi connectivity index (χ3n) is 3.16. The molecule has 0 unspecified atom stereocenters. The first-order chi connectivity index (χ1) is 9.52. The Morgan fingerprint density at radius 1 is 1.55 bits per heavy atom. The van der Waals surface area contributed by atoms with Crippen LogP contribution in [0.1, 0.15) is 39.2 Å². The number of aryl methyl sites for hydroxylation is 2. The Bertz CT molecular complexity index is 655. The van der Waals surface area contributed by atoms with E-state index in [4.69, 9.17) is 0 Å². The van der Waals surface area contributed by atoms with Crippen LogP contribution in [0.5, 0.6) is 0 Å². The highest BCUT2D eigenvalue weighted by molar-refractivity contribution is 9.10. The lowest BCUT2D eigenvalue weighted by Gasteiger charge is -1.94. The van der Waals surface area contributed by atoms with Crippen LogP contribution in [0.3, 0.4) is 0 Å². The van der Waals surface area contributed by atoms with Crippen LogP contribution in [0.4, 0.5) is 0 Å². The van der Waals surface area contributed by atoms with Crippen molar-refractivity contribution in [3.8, 4) is 0 Å². The van der Waals surface area contributed by atoms with Crippen LogP contribution in [-0.2, 0) is 13.5 Å². The van der Waals surface area contributed by atoms with Crippen molar-refractivity contribution in [3.05, 3.63) is 43.8 Å². The zero-order valence-electron chi connectivity index (χ0n) is 11.8. The molecule has 0 spiro atoms. The number of hydrogen-bond acceptors (Lipinski definition) is 3. The van der Waals surface area contributed by atoms with Crippen LogP contribution in [0.25, 0.3) is 6.08 Å². The molecule has 2 aromatic heterocycles. The van der Waals surface area contributed by atoms with E-state index in [-0.39, 0.29) is 5.78 Å². The highest BCUT2D eigenvalue weighted by atomic mass is 79.9. The van der Waals surface area contributed by atoms with E-state index in [2.05, 4.69) is 28.0 Å². The lowest BCUT2D eigenvalue weighted by molar-refractivity contribution is 0.105. The maximum absolute atomic E-state index is 12.2. The quantitative estimate of drug-likeness (QED) is 0.590. The zero-order chi connectivity index (χ0) is 14.7. The number of rotatable bonds is 5. The third kappa shape index (κ3) is 3.27. The molecule has 2 rings (SSSR count). The Labute approximate surface area is 131 Å². The summed E-state index contributed by atoms with van der Waals surface area (Å²) in [5, 5.41) is 4.16. The molecule has 0 atom stereocenters. The molecule has 0 aliphatic carbocycles. The smallest absolute Gasteiger partial charge is 0.195 e. The number of halogens is 1. The Kier molecular flexibility index (Phi) is 4.94. The summed E-state index contributed by atoms with van der Waals surface area (Å²) >= 11 is 5.09. The molecule has 0 aromatic carbocycles. The second kappa shape index (κ2) is 6.50. The molecular weight excluding hydrogens is 336 g/mol. The molecule has 20 heavy (non-hydrogen) atoms. The standard InChI is InChI=1S/C15H17BrN2OS/c1-4-5-14-12(16)8-15(20-14)13(19)7-6-11-9-17-18(3)10(11)2/h6-9H,4-5H2,1-3H3/b7-6+. The van der Waals surface area contributed by atoms with E-state index in [1.807, 2.05) is 26.1 Å². The van der Waals surface area contributed by atoms with Crippen LogP contribution >= 0.6 is 27.3 Å². The van der Waals surface area contributed by atoms with Crippen molar-refractivity contribution >= 4 is 39.1 Å². The molecule has 0 radical (unpaired) electrons. The predicted octanol–water partition coefficient (Wildman–Crippen LogP) is 4.40. The van der Waals surface area contributed by atoms with Gasteiger partial charge < -0.3 is 0 Å². The molecule has 0 aliphatic heterocycles. The van der Waals surface area contributed by atoms with Gasteiger partial charge in [-0.25, -0.2) is 0 Å². The van der Waals surface area contributed by atoms with E-state index in [1.165, 1.54) is 4.88 Å². The van der Waals surface area contributed by atoms with Gasteiger partial charge in [0, 0.05) is 27.7 Å². The van der Waals surface area contributed by atoms with Gasteiger partial charge in [0.2, 0.25) is 0 Å². The van der Waals surface area contributed by atoms with Gasteiger partial charge in [-0.2, -0.15) is 5.10 Å². The number of thiophene rings is 1. The fourth-order valence-corrected chi connectivity index (χ4v) is 3.75. The highest BCUT2D eigenvalue weighted by Crippen LogP contribution is 2.29. The zero-order valence-corrected chi connectivity index (χ0v) is 14.2. The average molecular weight is 353 g/mol. The average Bonchev–Trinajstić information content (AvgIpc) is 2.93. The van der Waals surface area contributed by atoms with Crippen LogP contribution in [-0.4, -0.2) is 15.6 Å². The van der Waals surface area contributed by atoms with Crippen molar-refractivity contribution in [2.45, 2.75) is 26.7 Å². The molecule has 0 saturated heterocycles. The minimum atomic E-state index is 0.0429. The first-order valence-electron chi connectivity index (χ1n) is 6.52. The molecule has 0 fully saturated rings. The van der Waals surface area contributed by atoms with Crippen molar-refractivity contribution in [3.63, 3.8) is 0 Å². The van der Waals surface area contributed by atoms with Crippen molar-refractivity contribution < 1.29 is 4.79 Å². The van der Waals surface area contributed by atoms with Crippen molar-refractivity contribution in [1.29, 1.82) is 0 Å². The molecular formula is C15H17BrN2OS. The third-order valence-corrected chi connectivity index (χ3v) is 5.34. The summed E-state index contributed by atoms with van der Waals surface area (Å²) in [7, 11) is 1.89. The molecule has 0 saturated carbocycles. The van der Waals surface area contributed by atoms with Crippen molar-refractivity contribution in [2.75, 3.05) is 0 Å². The number of ketones is 1. The van der Waals surface area contributed by atoms with Gasteiger partial charge in [0.25, 0.3) is 0 Å². The van der Waals surface area contributed by atoms with E-state index in [1.54, 1.807) is 28.3 Å². The van der Waals surface area contributed by atoms with E-state index in [9.17, 15) is 4.79 Å². The van der Waals surface area contributed by atoms with Gasteiger partial charge in [-0.1, -0.05) is 13.3 Å². The predicted molar refractivity (Wildman–Crippen MR) is 87.3 cm³/mol. The molecule has 2 aromatic rings. The summed E-state index contributed by atoms with van der Waals surface area (Å²) in [5.74, 6) is 0.0429. The lowest BCUT2D eigenvalue weighted by Crippen LogP contribution is -1.93. The Balaban J connectivity index is 2.16. The second-order valence-corrected chi connectivity index (χ2v) is 6.63. The van der Waals surface area contributed by atoms with Gasteiger partial charge in [0.15, 0.2) is 5.78 Å². The van der Waals surface area contributed by atoms with Crippen molar-refractivity contribution in [2.24, 2.45) is 7.05 Å². The SMILES string of the molecule is CCCc1sc(C(=O)/C=C/c2cnn(C)c2C)cc1Br. The highest BCUT2D eigenvalue weighted by Gasteiger charge is 2.11. The van der Waals surface area contributed by atoms with Crippen molar-refractivity contribution in [1.82, 2.24) is 9.78 Å².